The van der Waals surface area contributed by atoms with E-state index in [2.05, 4.69) is 212 Å². The second-order valence-corrected chi connectivity index (χ2v) is 17.8. The minimum atomic E-state index is 0.890. The highest BCUT2D eigenvalue weighted by Crippen LogP contribution is 2.51. The Morgan fingerprint density at radius 1 is 0.167 bits per heavy atom. The lowest BCUT2D eigenvalue weighted by molar-refractivity contribution is 0.669. The van der Waals surface area contributed by atoms with E-state index in [-0.39, 0.29) is 0 Å². The molecule has 15 aromatic rings. The van der Waals surface area contributed by atoms with Crippen LogP contribution >= 0.6 is 0 Å². The zero-order chi connectivity index (χ0) is 43.0. The number of furan rings is 2. The van der Waals surface area contributed by atoms with Crippen molar-refractivity contribution in [3.63, 3.8) is 0 Å². The van der Waals surface area contributed by atoms with Gasteiger partial charge in [-0.25, -0.2) is 0 Å². The number of benzene rings is 13. The third-order valence-electron chi connectivity index (χ3n) is 14.4. The summed E-state index contributed by atoms with van der Waals surface area (Å²) in [6.45, 7) is 0. The quantitative estimate of drug-likeness (QED) is 0.131. The summed E-state index contributed by atoms with van der Waals surface area (Å²) in [6.07, 6.45) is 0. The maximum atomic E-state index is 6.72. The van der Waals surface area contributed by atoms with Gasteiger partial charge in [0.2, 0.25) is 0 Å². The van der Waals surface area contributed by atoms with Crippen molar-refractivity contribution in [1.82, 2.24) is 0 Å². The fourth-order valence-corrected chi connectivity index (χ4v) is 11.6. The third-order valence-corrected chi connectivity index (χ3v) is 14.4. The smallest absolute Gasteiger partial charge is 0.136 e. The number of para-hydroxylation sites is 1. The fourth-order valence-electron chi connectivity index (χ4n) is 11.6. The van der Waals surface area contributed by atoms with Crippen molar-refractivity contribution >= 4 is 119 Å². The number of rotatable bonds is 3. The first-order valence-corrected chi connectivity index (χ1v) is 22.7. The summed E-state index contributed by atoms with van der Waals surface area (Å²) in [6, 6.07) is 80.0. The molecule has 66 heavy (non-hydrogen) atoms. The molecular weight excluding hydrogens is 801 g/mol. The van der Waals surface area contributed by atoms with Gasteiger partial charge in [-0.15, -0.1) is 0 Å². The SMILES string of the molecule is c1ccc2c(c1)oc1ccc(-c3c4ccccc4c(-c4c5ccccc5c(-c5ccc6oc7cc8c9ccccc9c9ccccc9c8cc7c6c5)c5ccccc45)c4ccccc34)cc12. The van der Waals surface area contributed by atoms with Crippen LogP contribution in [0, 0.1) is 0 Å². The van der Waals surface area contributed by atoms with Gasteiger partial charge in [0.05, 0.1) is 0 Å². The number of hydrogen-bond acceptors (Lipinski definition) is 2. The monoisotopic (exact) mass is 836 g/mol. The molecule has 15 rings (SSSR count). The Bertz CT molecular complexity index is 4470. The Labute approximate surface area is 378 Å². The van der Waals surface area contributed by atoms with Crippen molar-refractivity contribution in [1.29, 1.82) is 0 Å². The molecule has 0 aliphatic rings. The van der Waals surface area contributed by atoms with Crippen LogP contribution in [0.25, 0.3) is 153 Å². The van der Waals surface area contributed by atoms with Crippen LogP contribution in [0.4, 0.5) is 0 Å². The Morgan fingerprint density at radius 2 is 0.455 bits per heavy atom. The third kappa shape index (κ3) is 4.90. The average molecular weight is 837 g/mol. The van der Waals surface area contributed by atoms with Crippen molar-refractivity contribution in [2.24, 2.45) is 0 Å². The largest absolute Gasteiger partial charge is 0.456 e. The molecule has 0 saturated carbocycles. The van der Waals surface area contributed by atoms with E-state index in [9.17, 15) is 0 Å². The molecule has 0 atom stereocenters. The van der Waals surface area contributed by atoms with Crippen LogP contribution in [0.1, 0.15) is 0 Å². The first-order valence-electron chi connectivity index (χ1n) is 22.7. The standard InChI is InChI=1S/C64H36O2/c1-3-17-41-39(15-1)40-16-2-4-18-42(40)53-36-60-56(35-52(41)53)55-34-38(30-32-59(55)66-60)62-46-22-7-11-26-50(46)64(51-27-12-8-23-47(51)62)63-48-24-9-5-20-44(48)61(45-21-6-10-25-49(45)63)37-29-31-58-54(33-37)43-19-13-14-28-57(43)65-58/h1-36H. The van der Waals surface area contributed by atoms with E-state index < -0.39 is 0 Å². The lowest BCUT2D eigenvalue weighted by Gasteiger charge is -2.22. The minimum absolute atomic E-state index is 0.890. The van der Waals surface area contributed by atoms with Crippen LogP contribution in [0.3, 0.4) is 0 Å². The zero-order valence-electron chi connectivity index (χ0n) is 35.6. The van der Waals surface area contributed by atoms with E-state index in [1.54, 1.807) is 0 Å². The molecule has 0 aliphatic heterocycles. The van der Waals surface area contributed by atoms with Gasteiger partial charge < -0.3 is 8.83 Å². The molecule has 0 unspecified atom stereocenters. The lowest BCUT2D eigenvalue weighted by atomic mass is 9.81. The molecule has 0 radical (unpaired) electrons. The molecule has 0 saturated heterocycles. The van der Waals surface area contributed by atoms with Crippen molar-refractivity contribution in [2.75, 3.05) is 0 Å². The van der Waals surface area contributed by atoms with Gasteiger partial charge in [-0.05, 0) is 151 Å². The maximum Gasteiger partial charge on any atom is 0.136 e. The molecule has 0 amide bonds. The van der Waals surface area contributed by atoms with Crippen LogP contribution in [-0.2, 0) is 0 Å². The van der Waals surface area contributed by atoms with E-state index in [0.29, 0.717) is 0 Å². The van der Waals surface area contributed by atoms with Gasteiger partial charge in [-0.1, -0.05) is 176 Å². The fraction of sp³-hybridized carbons (Fsp3) is 0. The van der Waals surface area contributed by atoms with E-state index >= 15 is 0 Å². The van der Waals surface area contributed by atoms with Gasteiger partial charge in [0.25, 0.3) is 0 Å². The number of fused-ring (bicyclic) bond motifs is 16. The van der Waals surface area contributed by atoms with E-state index in [1.807, 2.05) is 6.07 Å². The summed E-state index contributed by atoms with van der Waals surface area (Å²) >= 11 is 0. The molecule has 13 aromatic carbocycles. The second kappa shape index (κ2) is 13.4. The molecule has 0 N–H and O–H groups in total. The number of hydrogen-bond donors (Lipinski definition) is 0. The normalized spacial score (nSPS) is 12.2. The highest BCUT2D eigenvalue weighted by Gasteiger charge is 2.24. The predicted octanol–water partition coefficient (Wildman–Crippen LogP) is 18.6. The summed E-state index contributed by atoms with van der Waals surface area (Å²) in [5.74, 6) is 0. The van der Waals surface area contributed by atoms with Crippen LogP contribution in [0.15, 0.2) is 227 Å². The molecule has 2 heteroatoms. The molecular formula is C64H36O2. The minimum Gasteiger partial charge on any atom is -0.456 e. The molecule has 304 valence electrons. The highest BCUT2D eigenvalue weighted by atomic mass is 16.3. The summed E-state index contributed by atoms with van der Waals surface area (Å²) in [5, 5.41) is 21.8. The van der Waals surface area contributed by atoms with Gasteiger partial charge in [-0.3, -0.25) is 0 Å². The molecule has 0 fully saturated rings. The van der Waals surface area contributed by atoms with Crippen molar-refractivity contribution < 1.29 is 8.83 Å². The van der Waals surface area contributed by atoms with Crippen molar-refractivity contribution in [3.05, 3.63) is 218 Å². The van der Waals surface area contributed by atoms with E-state index in [0.717, 1.165) is 43.9 Å². The van der Waals surface area contributed by atoms with Gasteiger partial charge in [0.15, 0.2) is 0 Å². The summed E-state index contributed by atoms with van der Waals surface area (Å²) in [7, 11) is 0. The van der Waals surface area contributed by atoms with E-state index in [1.165, 1.54) is 109 Å². The Morgan fingerprint density at radius 3 is 0.894 bits per heavy atom. The summed E-state index contributed by atoms with van der Waals surface area (Å²) in [4.78, 5) is 0. The lowest BCUT2D eigenvalue weighted by Crippen LogP contribution is -1.94. The molecule has 0 bridgehead atoms. The van der Waals surface area contributed by atoms with Gasteiger partial charge in [-0.2, -0.15) is 0 Å². The zero-order valence-corrected chi connectivity index (χ0v) is 35.6. The van der Waals surface area contributed by atoms with Crippen LogP contribution < -0.4 is 0 Å². The Balaban J connectivity index is 0.999. The first kappa shape index (κ1) is 35.7. The summed E-state index contributed by atoms with van der Waals surface area (Å²) < 4.78 is 13.0. The second-order valence-electron chi connectivity index (χ2n) is 17.8. The van der Waals surface area contributed by atoms with Gasteiger partial charge in [0, 0.05) is 21.5 Å². The van der Waals surface area contributed by atoms with E-state index in [4.69, 9.17) is 8.83 Å². The molecule has 2 heterocycles. The van der Waals surface area contributed by atoms with Gasteiger partial charge in [0.1, 0.15) is 22.3 Å². The molecule has 0 spiro atoms. The Hall–Kier alpha value is -8.72. The topological polar surface area (TPSA) is 26.3 Å². The molecule has 0 aliphatic carbocycles. The van der Waals surface area contributed by atoms with Crippen LogP contribution in [0.5, 0.6) is 0 Å². The van der Waals surface area contributed by atoms with Gasteiger partial charge >= 0.3 is 0 Å². The first-order chi connectivity index (χ1) is 32.7. The van der Waals surface area contributed by atoms with Crippen molar-refractivity contribution in [2.45, 2.75) is 0 Å². The molecule has 2 aromatic heterocycles. The van der Waals surface area contributed by atoms with Crippen LogP contribution in [0.2, 0.25) is 0 Å². The maximum absolute atomic E-state index is 6.72. The summed E-state index contributed by atoms with van der Waals surface area (Å²) in [5.41, 5.74) is 10.9. The Kier molecular flexibility index (Phi) is 7.25. The average Bonchev–Trinajstić information content (AvgIpc) is 3.94. The molecule has 2 nitrogen and oxygen atoms in total. The van der Waals surface area contributed by atoms with Crippen molar-refractivity contribution in [3.8, 4) is 33.4 Å². The highest BCUT2D eigenvalue weighted by molar-refractivity contribution is 6.31. The predicted molar refractivity (Wildman–Crippen MR) is 280 cm³/mol. The van der Waals surface area contributed by atoms with Crippen LogP contribution in [-0.4, -0.2) is 0 Å².